The van der Waals surface area contributed by atoms with E-state index in [-0.39, 0.29) is 5.41 Å². The first-order chi connectivity index (χ1) is 12.7. The Morgan fingerprint density at radius 2 is 1.93 bits per heavy atom. The number of carbonyl (C=O) groups is 2. The number of halogens is 3. The SMILES string of the molecule is C=CCN1CCC2(CCN(Cc3nccs3)CC2)C1=O.O=C(O)C(F)(F)F. The first-order valence-corrected chi connectivity index (χ1v) is 9.37. The Bertz CT molecular complexity index is 656. The molecule has 3 heterocycles. The van der Waals surface area contributed by atoms with Crippen LogP contribution in [-0.4, -0.2) is 64.1 Å². The van der Waals surface area contributed by atoms with Gasteiger partial charge in [0.15, 0.2) is 0 Å². The van der Waals surface area contributed by atoms with Crippen molar-refractivity contribution in [1.29, 1.82) is 0 Å². The molecule has 1 aromatic rings. The molecule has 1 N–H and O–H groups in total. The standard InChI is InChI=1S/C15H21N3OS.C2HF3O2/c1-2-7-18-10-5-15(14(18)19)3-8-17(9-4-15)12-13-16-6-11-20-13;3-2(4,5)1(6)7/h2,6,11H,1,3-5,7-10,12H2;(H,6,7). The number of carboxylic acid groups (broad SMARTS) is 1. The van der Waals surface area contributed by atoms with E-state index in [2.05, 4.69) is 16.5 Å². The Morgan fingerprint density at radius 1 is 1.33 bits per heavy atom. The van der Waals surface area contributed by atoms with Crippen LogP contribution >= 0.6 is 11.3 Å². The molecule has 27 heavy (non-hydrogen) atoms. The van der Waals surface area contributed by atoms with Crippen LogP contribution in [-0.2, 0) is 16.1 Å². The van der Waals surface area contributed by atoms with Gasteiger partial charge in [-0.2, -0.15) is 13.2 Å². The highest BCUT2D eigenvalue weighted by Gasteiger charge is 2.47. The van der Waals surface area contributed by atoms with E-state index in [4.69, 9.17) is 9.90 Å². The molecule has 1 aromatic heterocycles. The van der Waals surface area contributed by atoms with Crippen molar-refractivity contribution in [2.24, 2.45) is 5.41 Å². The van der Waals surface area contributed by atoms with E-state index < -0.39 is 12.1 Å². The van der Waals surface area contributed by atoms with Gasteiger partial charge in [0, 0.05) is 24.7 Å². The normalized spacial score (nSPS) is 19.7. The van der Waals surface area contributed by atoms with Crippen molar-refractivity contribution in [3.63, 3.8) is 0 Å². The summed E-state index contributed by atoms with van der Waals surface area (Å²) in [6.45, 7) is 8.28. The summed E-state index contributed by atoms with van der Waals surface area (Å²) >= 11 is 1.71. The molecule has 0 atom stereocenters. The lowest BCUT2D eigenvalue weighted by Gasteiger charge is -2.37. The number of thiazole rings is 1. The topological polar surface area (TPSA) is 73.7 Å². The monoisotopic (exact) mass is 405 g/mol. The maximum absolute atomic E-state index is 12.5. The van der Waals surface area contributed by atoms with Crippen molar-refractivity contribution in [3.05, 3.63) is 29.2 Å². The number of alkyl halides is 3. The van der Waals surface area contributed by atoms with Crippen molar-refractivity contribution in [1.82, 2.24) is 14.8 Å². The Balaban J connectivity index is 0.000000321. The smallest absolute Gasteiger partial charge is 0.475 e. The van der Waals surface area contributed by atoms with Crippen LogP contribution in [0.1, 0.15) is 24.3 Å². The molecule has 0 saturated carbocycles. The number of hydrogen-bond donors (Lipinski definition) is 1. The molecule has 0 bridgehead atoms. The third kappa shape index (κ3) is 5.52. The van der Waals surface area contributed by atoms with E-state index in [9.17, 15) is 18.0 Å². The van der Waals surface area contributed by atoms with Gasteiger partial charge in [0.2, 0.25) is 5.91 Å². The fourth-order valence-corrected chi connectivity index (χ4v) is 4.01. The molecule has 2 fully saturated rings. The quantitative estimate of drug-likeness (QED) is 0.780. The fraction of sp³-hybridized carbons (Fsp3) is 0.588. The zero-order valence-corrected chi connectivity index (χ0v) is 15.6. The van der Waals surface area contributed by atoms with E-state index in [0.29, 0.717) is 12.5 Å². The highest BCUT2D eigenvalue weighted by molar-refractivity contribution is 7.09. The molecule has 0 unspecified atom stereocenters. The molecule has 0 aromatic carbocycles. The molecule has 150 valence electrons. The van der Waals surface area contributed by atoms with Gasteiger partial charge in [0.25, 0.3) is 0 Å². The second kappa shape index (κ2) is 8.83. The van der Waals surface area contributed by atoms with Crippen LogP contribution in [0.25, 0.3) is 0 Å². The predicted octanol–water partition coefficient (Wildman–Crippen LogP) is 2.78. The van der Waals surface area contributed by atoms with Gasteiger partial charge in [-0.1, -0.05) is 6.08 Å². The van der Waals surface area contributed by atoms with E-state index >= 15 is 0 Å². The van der Waals surface area contributed by atoms with Crippen LogP contribution in [0.5, 0.6) is 0 Å². The van der Waals surface area contributed by atoms with Crippen LogP contribution in [0, 0.1) is 5.41 Å². The van der Waals surface area contributed by atoms with Gasteiger partial charge in [-0.15, -0.1) is 17.9 Å². The van der Waals surface area contributed by atoms with Crippen LogP contribution in [0.4, 0.5) is 13.2 Å². The molecule has 0 aliphatic carbocycles. The maximum atomic E-state index is 12.5. The fourth-order valence-electron chi connectivity index (χ4n) is 3.35. The summed E-state index contributed by atoms with van der Waals surface area (Å²) in [5.74, 6) is -2.40. The molecule has 1 spiro atoms. The third-order valence-corrected chi connectivity index (χ3v) is 5.61. The Kier molecular flexibility index (Phi) is 6.99. The minimum Gasteiger partial charge on any atom is -0.475 e. The molecule has 0 radical (unpaired) electrons. The first-order valence-electron chi connectivity index (χ1n) is 8.49. The molecule has 1 amide bonds. The van der Waals surface area contributed by atoms with Crippen LogP contribution in [0.3, 0.4) is 0 Å². The van der Waals surface area contributed by atoms with Crippen molar-refractivity contribution in [3.8, 4) is 0 Å². The number of carboxylic acids is 1. The van der Waals surface area contributed by atoms with Gasteiger partial charge in [0.1, 0.15) is 5.01 Å². The van der Waals surface area contributed by atoms with Crippen molar-refractivity contribution < 1.29 is 27.9 Å². The van der Waals surface area contributed by atoms with Crippen LogP contribution < -0.4 is 0 Å². The van der Waals surface area contributed by atoms with Gasteiger partial charge in [-0.05, 0) is 32.4 Å². The average Bonchev–Trinajstić information content (AvgIpc) is 3.21. The van der Waals surface area contributed by atoms with Gasteiger partial charge in [0.05, 0.1) is 12.0 Å². The third-order valence-electron chi connectivity index (χ3n) is 4.85. The number of likely N-dealkylation sites (tertiary alicyclic amines) is 2. The molecule has 2 saturated heterocycles. The molecular formula is C17H22F3N3O3S. The number of aliphatic carboxylic acids is 1. The summed E-state index contributed by atoms with van der Waals surface area (Å²) in [7, 11) is 0. The first kappa shape index (κ1) is 21.4. The number of piperidine rings is 1. The molecule has 2 aliphatic rings. The lowest BCUT2D eigenvalue weighted by Crippen LogP contribution is -2.44. The number of nitrogens with zero attached hydrogens (tertiary/aromatic N) is 3. The Morgan fingerprint density at radius 3 is 2.41 bits per heavy atom. The van der Waals surface area contributed by atoms with Gasteiger partial charge in [-0.3, -0.25) is 9.69 Å². The average molecular weight is 405 g/mol. The highest BCUT2D eigenvalue weighted by Crippen LogP contribution is 2.41. The summed E-state index contributed by atoms with van der Waals surface area (Å²) < 4.78 is 31.7. The summed E-state index contributed by atoms with van der Waals surface area (Å²) in [5, 5.41) is 10.3. The summed E-state index contributed by atoms with van der Waals surface area (Å²) in [5.41, 5.74) is -0.0810. The van der Waals surface area contributed by atoms with Crippen molar-refractivity contribution >= 4 is 23.2 Å². The summed E-state index contributed by atoms with van der Waals surface area (Å²) in [4.78, 5) is 30.2. The predicted molar refractivity (Wildman–Crippen MR) is 94.1 cm³/mol. The molecular weight excluding hydrogens is 383 g/mol. The minimum atomic E-state index is -5.08. The van der Waals surface area contributed by atoms with Gasteiger partial charge < -0.3 is 10.0 Å². The number of hydrogen-bond acceptors (Lipinski definition) is 5. The second-order valence-electron chi connectivity index (χ2n) is 6.58. The largest absolute Gasteiger partial charge is 0.490 e. The number of rotatable bonds is 4. The van der Waals surface area contributed by atoms with Crippen molar-refractivity contribution in [2.45, 2.75) is 32.0 Å². The zero-order chi connectivity index (χ0) is 20.1. The maximum Gasteiger partial charge on any atom is 0.490 e. The van der Waals surface area contributed by atoms with Crippen LogP contribution in [0.2, 0.25) is 0 Å². The van der Waals surface area contributed by atoms with E-state index in [0.717, 1.165) is 45.4 Å². The second-order valence-corrected chi connectivity index (χ2v) is 7.55. The molecule has 10 heteroatoms. The molecule has 3 rings (SSSR count). The molecule has 6 nitrogen and oxygen atoms in total. The molecule has 2 aliphatic heterocycles. The summed E-state index contributed by atoms with van der Waals surface area (Å²) in [6, 6.07) is 0. The lowest BCUT2D eigenvalue weighted by atomic mass is 9.77. The van der Waals surface area contributed by atoms with E-state index in [1.54, 1.807) is 11.3 Å². The van der Waals surface area contributed by atoms with Gasteiger partial charge >= 0.3 is 12.1 Å². The lowest BCUT2D eigenvalue weighted by molar-refractivity contribution is -0.192. The number of carbonyl (C=O) groups excluding carboxylic acids is 1. The Labute approximate surface area is 159 Å². The summed E-state index contributed by atoms with van der Waals surface area (Å²) in [6.07, 6.45) is 1.61. The number of amides is 1. The van der Waals surface area contributed by atoms with E-state index in [1.165, 1.54) is 5.01 Å². The zero-order valence-electron chi connectivity index (χ0n) is 14.7. The highest BCUT2D eigenvalue weighted by atomic mass is 32.1. The van der Waals surface area contributed by atoms with Gasteiger partial charge in [-0.25, -0.2) is 9.78 Å². The van der Waals surface area contributed by atoms with Crippen LogP contribution in [0.15, 0.2) is 24.2 Å². The number of aromatic nitrogens is 1. The Hall–Kier alpha value is -1.94. The van der Waals surface area contributed by atoms with E-state index in [1.807, 2.05) is 22.6 Å². The van der Waals surface area contributed by atoms with Crippen molar-refractivity contribution in [2.75, 3.05) is 26.2 Å². The minimum absolute atomic E-state index is 0.0810.